The molecule has 0 aliphatic heterocycles. The van der Waals surface area contributed by atoms with Crippen LogP contribution in [0.4, 0.5) is 11.4 Å². The summed E-state index contributed by atoms with van der Waals surface area (Å²) in [7, 11) is 1.45. The Labute approximate surface area is 123 Å². The third-order valence-corrected chi connectivity index (χ3v) is 3.13. The molecule has 0 aliphatic rings. The van der Waals surface area contributed by atoms with Gasteiger partial charge in [0.1, 0.15) is 6.07 Å². The van der Waals surface area contributed by atoms with Gasteiger partial charge in [-0.2, -0.15) is 5.26 Å². The molecule has 0 unspecified atom stereocenters. The lowest BCUT2D eigenvalue weighted by molar-refractivity contribution is 0.102. The van der Waals surface area contributed by atoms with Crippen molar-refractivity contribution < 1.29 is 9.53 Å². The summed E-state index contributed by atoms with van der Waals surface area (Å²) in [5.74, 6) is -0.0533. The summed E-state index contributed by atoms with van der Waals surface area (Å²) in [6.07, 6.45) is 0. The van der Waals surface area contributed by atoms with Crippen LogP contribution in [-0.4, -0.2) is 13.0 Å². The number of carbonyl (C=O) groups excluding carboxylic acids is 1. The molecule has 0 aromatic heterocycles. The van der Waals surface area contributed by atoms with Crippen LogP contribution in [0.2, 0.25) is 0 Å². The van der Waals surface area contributed by atoms with E-state index in [1.807, 2.05) is 13.0 Å². The van der Waals surface area contributed by atoms with Gasteiger partial charge in [0.15, 0.2) is 5.75 Å². The molecule has 0 atom stereocenters. The number of hydrogen-bond acceptors (Lipinski definition) is 4. The summed E-state index contributed by atoms with van der Waals surface area (Å²) >= 11 is 0. The van der Waals surface area contributed by atoms with Crippen LogP contribution in [0, 0.1) is 18.3 Å². The highest BCUT2D eigenvalue weighted by molar-refractivity contribution is 6.07. The Morgan fingerprint density at radius 2 is 2.00 bits per heavy atom. The second-order valence-electron chi connectivity index (χ2n) is 4.49. The highest BCUT2D eigenvalue weighted by atomic mass is 16.5. The fraction of sp³-hybridized carbons (Fsp3) is 0.125. The maximum absolute atomic E-state index is 12.4. The number of benzene rings is 2. The Morgan fingerprint density at radius 1 is 1.29 bits per heavy atom. The number of carbonyl (C=O) groups is 1. The molecule has 2 aromatic carbocycles. The number of nitrogen functional groups attached to an aromatic ring is 1. The molecule has 5 nitrogen and oxygen atoms in total. The molecule has 21 heavy (non-hydrogen) atoms. The van der Waals surface area contributed by atoms with Gasteiger partial charge in [-0.05, 0) is 30.7 Å². The van der Waals surface area contributed by atoms with Crippen molar-refractivity contribution in [2.75, 3.05) is 18.2 Å². The first-order valence-corrected chi connectivity index (χ1v) is 6.32. The Bertz CT molecular complexity index is 733. The fourth-order valence-corrected chi connectivity index (χ4v) is 2.07. The van der Waals surface area contributed by atoms with Crippen LogP contribution >= 0.6 is 0 Å². The van der Waals surface area contributed by atoms with Crippen LogP contribution in [-0.2, 0) is 0 Å². The lowest BCUT2D eigenvalue weighted by atomic mass is 10.1. The number of nitrogens with zero attached hydrogens (tertiary/aromatic N) is 1. The monoisotopic (exact) mass is 281 g/mol. The maximum Gasteiger partial charge on any atom is 0.259 e. The minimum Gasteiger partial charge on any atom is -0.494 e. The van der Waals surface area contributed by atoms with Gasteiger partial charge >= 0.3 is 0 Å². The second-order valence-corrected chi connectivity index (χ2v) is 4.49. The van der Waals surface area contributed by atoms with Gasteiger partial charge in [0.05, 0.1) is 29.6 Å². The first kappa shape index (κ1) is 14.4. The highest BCUT2D eigenvalue weighted by Crippen LogP contribution is 2.27. The van der Waals surface area contributed by atoms with Gasteiger partial charge in [0.25, 0.3) is 5.91 Å². The van der Waals surface area contributed by atoms with E-state index in [2.05, 4.69) is 11.4 Å². The van der Waals surface area contributed by atoms with Crippen molar-refractivity contribution in [3.63, 3.8) is 0 Å². The number of ether oxygens (including phenoxy) is 1. The predicted octanol–water partition coefficient (Wildman–Crippen LogP) is 2.71. The molecule has 1 amide bonds. The zero-order valence-electron chi connectivity index (χ0n) is 11.8. The molecule has 3 N–H and O–H groups in total. The molecule has 2 aromatic rings. The summed E-state index contributed by atoms with van der Waals surface area (Å²) in [5, 5.41) is 11.9. The standard InChI is InChI=1S/C16H15N3O2/c1-10-5-3-8-14(12(10)9-17)19-16(20)11-6-4-7-13(18)15(11)21-2/h3-8H,18H2,1-2H3,(H,19,20). The summed E-state index contributed by atoms with van der Waals surface area (Å²) in [4.78, 5) is 12.4. The first-order valence-electron chi connectivity index (χ1n) is 6.32. The summed E-state index contributed by atoms with van der Waals surface area (Å²) in [6, 6.07) is 12.3. The van der Waals surface area contributed by atoms with Crippen LogP contribution in [0.15, 0.2) is 36.4 Å². The summed E-state index contributed by atoms with van der Waals surface area (Å²) < 4.78 is 5.16. The number of nitriles is 1. The van der Waals surface area contributed by atoms with Gasteiger partial charge in [0.2, 0.25) is 0 Å². The molecule has 0 bridgehead atoms. The van der Waals surface area contributed by atoms with Crippen molar-refractivity contribution >= 4 is 17.3 Å². The number of para-hydroxylation sites is 1. The van der Waals surface area contributed by atoms with Gasteiger partial charge in [-0.25, -0.2) is 0 Å². The van der Waals surface area contributed by atoms with Crippen LogP contribution in [0.1, 0.15) is 21.5 Å². The van der Waals surface area contributed by atoms with Crippen molar-refractivity contribution in [3.05, 3.63) is 53.1 Å². The van der Waals surface area contributed by atoms with E-state index in [1.165, 1.54) is 7.11 Å². The molecule has 0 saturated carbocycles. The quantitative estimate of drug-likeness (QED) is 0.847. The SMILES string of the molecule is COc1c(N)cccc1C(=O)Nc1cccc(C)c1C#N. The van der Waals surface area contributed by atoms with E-state index in [0.717, 1.165) is 5.56 Å². The van der Waals surface area contributed by atoms with Crippen LogP contribution in [0.25, 0.3) is 0 Å². The van der Waals surface area contributed by atoms with Crippen molar-refractivity contribution in [1.82, 2.24) is 0 Å². The van der Waals surface area contributed by atoms with Crippen molar-refractivity contribution in [3.8, 4) is 11.8 Å². The van der Waals surface area contributed by atoms with Gasteiger partial charge in [-0.1, -0.05) is 18.2 Å². The normalized spacial score (nSPS) is 9.76. The zero-order valence-corrected chi connectivity index (χ0v) is 11.8. The Morgan fingerprint density at radius 3 is 2.67 bits per heavy atom. The average molecular weight is 281 g/mol. The molecular weight excluding hydrogens is 266 g/mol. The molecule has 0 aliphatic carbocycles. The van der Waals surface area contributed by atoms with E-state index in [-0.39, 0.29) is 5.91 Å². The summed E-state index contributed by atoms with van der Waals surface area (Å²) in [6.45, 7) is 1.81. The molecule has 0 spiro atoms. The largest absolute Gasteiger partial charge is 0.494 e. The number of rotatable bonds is 3. The number of methoxy groups -OCH3 is 1. The van der Waals surface area contributed by atoms with Crippen molar-refractivity contribution in [2.24, 2.45) is 0 Å². The maximum atomic E-state index is 12.4. The third kappa shape index (κ3) is 2.79. The van der Waals surface area contributed by atoms with Gasteiger partial charge in [0, 0.05) is 0 Å². The Balaban J connectivity index is 2.38. The number of hydrogen-bond donors (Lipinski definition) is 2. The van der Waals surface area contributed by atoms with Gasteiger partial charge < -0.3 is 15.8 Å². The Hall–Kier alpha value is -3.00. The lowest BCUT2D eigenvalue weighted by Gasteiger charge is -2.12. The molecule has 2 rings (SSSR count). The van der Waals surface area contributed by atoms with E-state index in [0.29, 0.717) is 28.3 Å². The van der Waals surface area contributed by atoms with Crippen LogP contribution in [0.3, 0.4) is 0 Å². The zero-order chi connectivity index (χ0) is 15.4. The smallest absolute Gasteiger partial charge is 0.259 e. The Kier molecular flexibility index (Phi) is 4.10. The minimum atomic E-state index is -0.374. The minimum absolute atomic E-state index is 0.321. The molecule has 0 radical (unpaired) electrons. The molecule has 0 heterocycles. The molecule has 106 valence electrons. The predicted molar refractivity (Wildman–Crippen MR) is 81.3 cm³/mol. The van der Waals surface area contributed by atoms with E-state index in [1.54, 1.807) is 30.3 Å². The number of amides is 1. The highest BCUT2D eigenvalue weighted by Gasteiger charge is 2.16. The fourth-order valence-electron chi connectivity index (χ4n) is 2.07. The summed E-state index contributed by atoms with van der Waals surface area (Å²) in [5.41, 5.74) is 8.20. The van der Waals surface area contributed by atoms with Gasteiger partial charge in [-0.3, -0.25) is 4.79 Å². The van der Waals surface area contributed by atoms with Crippen molar-refractivity contribution in [1.29, 1.82) is 5.26 Å². The third-order valence-electron chi connectivity index (χ3n) is 3.13. The lowest BCUT2D eigenvalue weighted by Crippen LogP contribution is -2.15. The van der Waals surface area contributed by atoms with E-state index in [4.69, 9.17) is 10.5 Å². The first-order chi connectivity index (χ1) is 10.1. The van der Waals surface area contributed by atoms with Crippen LogP contribution in [0.5, 0.6) is 5.75 Å². The van der Waals surface area contributed by atoms with E-state index >= 15 is 0 Å². The molecule has 0 saturated heterocycles. The van der Waals surface area contributed by atoms with Gasteiger partial charge in [-0.15, -0.1) is 0 Å². The topological polar surface area (TPSA) is 88.1 Å². The second kappa shape index (κ2) is 5.97. The van der Waals surface area contributed by atoms with Crippen molar-refractivity contribution in [2.45, 2.75) is 6.92 Å². The van der Waals surface area contributed by atoms with Crippen LogP contribution < -0.4 is 15.8 Å². The molecule has 0 fully saturated rings. The van der Waals surface area contributed by atoms with E-state index < -0.39 is 0 Å². The molecular formula is C16H15N3O2. The average Bonchev–Trinajstić information content (AvgIpc) is 2.47. The number of nitrogens with two attached hydrogens (primary N) is 1. The molecule has 5 heteroatoms. The number of nitrogens with one attached hydrogen (secondary N) is 1. The van der Waals surface area contributed by atoms with E-state index in [9.17, 15) is 10.1 Å². The number of aryl methyl sites for hydroxylation is 1. The number of anilines is 2.